The molecule has 0 amide bonds. The molecule has 0 spiro atoms. The molecule has 0 unspecified atom stereocenters. The van der Waals surface area contributed by atoms with Crippen LogP contribution in [0.1, 0.15) is 66.6 Å². The largest absolute Gasteiger partial charge is 0.477 e. The Kier molecular flexibility index (Phi) is 16.7. The van der Waals surface area contributed by atoms with Gasteiger partial charge in [-0.1, -0.05) is 136 Å². The van der Waals surface area contributed by atoms with Crippen molar-refractivity contribution >= 4 is 13.8 Å². The maximum atomic E-state index is 14.3. The number of hydrogen-bond donors (Lipinski definition) is 0. The monoisotopic (exact) mass is 746 g/mol. The van der Waals surface area contributed by atoms with Crippen LogP contribution >= 0.6 is 7.82 Å². The van der Waals surface area contributed by atoms with E-state index in [1.165, 1.54) is 0 Å². The Bertz CT molecular complexity index is 1630. The summed E-state index contributed by atoms with van der Waals surface area (Å²) in [5.41, 5.74) is 3.10. The van der Waals surface area contributed by atoms with E-state index in [0.29, 0.717) is 25.0 Å². The first-order valence-corrected chi connectivity index (χ1v) is 19.9. The highest BCUT2D eigenvalue weighted by Crippen LogP contribution is 2.53. The summed E-state index contributed by atoms with van der Waals surface area (Å²) >= 11 is 0. The molecular weight excluding hydrogens is 695 g/mol. The Balaban J connectivity index is 1.52. The van der Waals surface area contributed by atoms with Gasteiger partial charge in [0.2, 0.25) is 6.29 Å². The third kappa shape index (κ3) is 13.0. The Morgan fingerprint density at radius 1 is 0.623 bits per heavy atom. The Morgan fingerprint density at radius 2 is 1.09 bits per heavy atom. The highest BCUT2D eigenvalue weighted by Gasteiger charge is 2.53. The fourth-order valence-corrected chi connectivity index (χ4v) is 6.97. The van der Waals surface area contributed by atoms with Crippen LogP contribution in [-0.4, -0.2) is 56.5 Å². The lowest BCUT2D eigenvalue weighted by Gasteiger charge is -2.45. The van der Waals surface area contributed by atoms with Gasteiger partial charge in [0.05, 0.1) is 45.2 Å². The topological polar surface area (TPSA) is 108 Å². The molecule has 1 fully saturated rings. The molecule has 1 aliphatic rings. The number of rotatable bonds is 22. The average Bonchev–Trinajstić information content (AvgIpc) is 3.19. The molecule has 1 heterocycles. The lowest BCUT2D eigenvalue weighted by Crippen LogP contribution is -2.62. The summed E-state index contributed by atoms with van der Waals surface area (Å²) in [5, 5.41) is 0. The molecule has 0 radical (unpaired) electrons. The van der Waals surface area contributed by atoms with Gasteiger partial charge in [0.25, 0.3) is 0 Å². The zero-order valence-corrected chi connectivity index (χ0v) is 31.4. The van der Waals surface area contributed by atoms with Crippen molar-refractivity contribution in [1.29, 1.82) is 0 Å². The molecular formula is C42H51O10P. The predicted molar refractivity (Wildman–Crippen MR) is 201 cm³/mol. The van der Waals surface area contributed by atoms with E-state index >= 15 is 0 Å². The van der Waals surface area contributed by atoms with E-state index in [-0.39, 0.29) is 33.0 Å². The fraction of sp³-hybridized carbons (Fsp3) is 0.405. The molecule has 10 nitrogen and oxygen atoms in total. The summed E-state index contributed by atoms with van der Waals surface area (Å²) in [6.07, 6.45) is -2.45. The highest BCUT2D eigenvalue weighted by atomic mass is 31.2. The van der Waals surface area contributed by atoms with Crippen LogP contribution < -0.4 is 0 Å². The highest BCUT2D eigenvalue weighted by molar-refractivity contribution is 7.48. The first-order valence-electron chi connectivity index (χ1n) is 18.4. The third-order valence-electron chi connectivity index (χ3n) is 8.54. The summed E-state index contributed by atoms with van der Waals surface area (Å²) in [4.78, 5) is 13.8. The van der Waals surface area contributed by atoms with Gasteiger partial charge >= 0.3 is 13.8 Å². The summed E-state index contributed by atoms with van der Waals surface area (Å²) in [6.45, 7) is 5.00. The molecule has 5 atom stereocenters. The van der Waals surface area contributed by atoms with Gasteiger partial charge in [-0.05, 0) is 41.7 Å². The van der Waals surface area contributed by atoms with Crippen molar-refractivity contribution in [2.45, 2.75) is 90.1 Å². The van der Waals surface area contributed by atoms with Gasteiger partial charge in [0, 0.05) is 0 Å². The number of phosphoric ester groups is 1. The summed E-state index contributed by atoms with van der Waals surface area (Å²) in [5.74, 6) is -0.643. The maximum absolute atomic E-state index is 14.3. The summed E-state index contributed by atoms with van der Waals surface area (Å²) < 4.78 is 64.5. The van der Waals surface area contributed by atoms with Gasteiger partial charge in [0.15, 0.2) is 6.10 Å². The van der Waals surface area contributed by atoms with Crippen molar-refractivity contribution < 1.29 is 46.6 Å². The van der Waals surface area contributed by atoms with E-state index in [1.54, 1.807) is 24.3 Å². The number of esters is 1. The Labute approximate surface area is 313 Å². The quantitative estimate of drug-likeness (QED) is 0.0439. The number of carbonyl (C=O) groups is 1. The van der Waals surface area contributed by atoms with Crippen LogP contribution in [0.25, 0.3) is 0 Å². The van der Waals surface area contributed by atoms with Crippen LogP contribution in [0.4, 0.5) is 0 Å². The summed E-state index contributed by atoms with van der Waals surface area (Å²) in [6, 6.07) is 37.7. The normalized spacial score (nSPS) is 20.2. The van der Waals surface area contributed by atoms with E-state index < -0.39 is 44.5 Å². The molecule has 0 aromatic heterocycles. The van der Waals surface area contributed by atoms with Crippen molar-refractivity contribution in [1.82, 2.24) is 0 Å². The predicted octanol–water partition coefficient (Wildman–Crippen LogP) is 9.08. The number of ether oxygens (including phenoxy) is 5. The Morgan fingerprint density at radius 3 is 1.60 bits per heavy atom. The van der Waals surface area contributed by atoms with Gasteiger partial charge in [0.1, 0.15) is 18.3 Å². The van der Waals surface area contributed by atoms with E-state index in [4.69, 9.17) is 37.3 Å². The molecule has 1 aliphatic heterocycles. The van der Waals surface area contributed by atoms with Crippen LogP contribution in [0.15, 0.2) is 121 Å². The molecule has 4 aromatic carbocycles. The lowest BCUT2D eigenvalue weighted by molar-refractivity contribution is -0.302. The zero-order chi connectivity index (χ0) is 37.1. The van der Waals surface area contributed by atoms with Gasteiger partial charge in [-0.25, -0.2) is 9.36 Å². The van der Waals surface area contributed by atoms with Crippen LogP contribution in [0.2, 0.25) is 0 Å². The minimum absolute atomic E-state index is 0.0520. The van der Waals surface area contributed by atoms with Gasteiger partial charge in [-0.3, -0.25) is 13.6 Å². The minimum atomic E-state index is -4.24. The average molecular weight is 747 g/mol. The van der Waals surface area contributed by atoms with Crippen molar-refractivity contribution in [2.75, 3.05) is 19.8 Å². The lowest BCUT2D eigenvalue weighted by atomic mass is 9.98. The molecule has 0 aliphatic carbocycles. The molecule has 0 N–H and O–H groups in total. The van der Waals surface area contributed by atoms with Crippen molar-refractivity contribution in [3.8, 4) is 0 Å². The first-order chi connectivity index (χ1) is 26.0. The SMILES string of the molecule is CCCCOP(=O)(OCCCC)O[C@@H]1O[C@H](COCc2ccccc2)[C@@H](OCc2ccccc2)[C@H](OCc2ccccc2)[C@H]1OC(=O)c1ccccc1. The van der Waals surface area contributed by atoms with Crippen LogP contribution in [0.3, 0.4) is 0 Å². The second kappa shape index (κ2) is 21.9. The third-order valence-corrected chi connectivity index (χ3v) is 10.00. The number of carbonyl (C=O) groups excluding carboxylic acids is 1. The molecule has 284 valence electrons. The van der Waals surface area contributed by atoms with E-state index in [2.05, 4.69) is 0 Å². The van der Waals surface area contributed by atoms with Crippen LogP contribution in [-0.2, 0) is 61.6 Å². The number of benzene rings is 4. The second-order valence-electron chi connectivity index (χ2n) is 12.7. The number of unbranched alkanes of at least 4 members (excludes halogenated alkanes) is 2. The molecule has 11 heteroatoms. The second-order valence-corrected chi connectivity index (χ2v) is 14.3. The van der Waals surface area contributed by atoms with Gasteiger partial charge in [-0.2, -0.15) is 0 Å². The summed E-state index contributed by atoms with van der Waals surface area (Å²) in [7, 11) is -4.24. The first kappa shape index (κ1) is 40.5. The van der Waals surface area contributed by atoms with Crippen molar-refractivity contribution in [2.24, 2.45) is 0 Å². The molecule has 5 rings (SSSR count). The molecule has 1 saturated heterocycles. The van der Waals surface area contributed by atoms with Crippen LogP contribution in [0, 0.1) is 0 Å². The van der Waals surface area contributed by atoms with Crippen LogP contribution in [0.5, 0.6) is 0 Å². The maximum Gasteiger partial charge on any atom is 0.477 e. The Hall–Kier alpha value is -3.70. The zero-order valence-electron chi connectivity index (χ0n) is 30.5. The smallest absolute Gasteiger partial charge is 0.450 e. The molecule has 0 saturated carbocycles. The minimum Gasteiger partial charge on any atom is -0.450 e. The van der Waals surface area contributed by atoms with E-state index in [0.717, 1.165) is 29.5 Å². The van der Waals surface area contributed by atoms with Gasteiger partial charge < -0.3 is 23.7 Å². The molecule has 4 aromatic rings. The molecule has 53 heavy (non-hydrogen) atoms. The van der Waals surface area contributed by atoms with E-state index in [9.17, 15) is 9.36 Å². The standard InChI is InChI=1S/C42H51O10P/c1-3-5-27-48-53(44,49-28-6-4-2)52-42-40(51-41(43)36-25-17-10-18-26-36)39(47-31-35-23-15-9-16-24-35)38(46-30-34-21-13-8-14-22-34)37(50-42)32-45-29-33-19-11-7-12-20-33/h7-26,37-40,42H,3-6,27-32H2,1-2H3/t37-,38-,39+,40-,42+/m1/s1. The van der Waals surface area contributed by atoms with Gasteiger partial charge in [-0.15, -0.1) is 0 Å². The van der Waals surface area contributed by atoms with E-state index in [1.807, 2.05) is 111 Å². The molecule has 0 bridgehead atoms. The number of hydrogen-bond acceptors (Lipinski definition) is 10. The van der Waals surface area contributed by atoms with Crippen molar-refractivity contribution in [3.05, 3.63) is 144 Å². The fourth-order valence-electron chi connectivity index (χ4n) is 5.65. The van der Waals surface area contributed by atoms with Crippen molar-refractivity contribution in [3.63, 3.8) is 0 Å². The number of phosphoric acid groups is 1.